The third kappa shape index (κ3) is 5.86. The predicted molar refractivity (Wildman–Crippen MR) is 127 cm³/mol. The van der Waals surface area contributed by atoms with Crippen LogP contribution in [0.25, 0.3) is 23.1 Å². The molecule has 1 heterocycles. The van der Waals surface area contributed by atoms with E-state index in [-0.39, 0.29) is 25.9 Å². The van der Waals surface area contributed by atoms with Crippen molar-refractivity contribution in [3.8, 4) is 0 Å². The standard InChI is InChI=1S/C25H25ClN2O4/c1-17-15-22(28(13-11-24(29)30)14-12-25(31)32)9-4-18(17)3-7-21-8-5-19-16-20(26)6-10-23(19)27(21)2/h3-10,15-16H,11-14H2,1-2H3,(H-,29,30,31,32)/p+1. The summed E-state index contributed by atoms with van der Waals surface area (Å²) in [5.74, 6) is -1.82. The predicted octanol–water partition coefficient (Wildman–Crippen LogP) is 4.55. The van der Waals surface area contributed by atoms with Gasteiger partial charge in [0.05, 0.1) is 12.8 Å². The third-order valence-corrected chi connectivity index (χ3v) is 5.65. The van der Waals surface area contributed by atoms with E-state index in [0.29, 0.717) is 5.02 Å². The molecule has 7 heteroatoms. The molecule has 1 aromatic heterocycles. The molecule has 0 saturated carbocycles. The van der Waals surface area contributed by atoms with E-state index in [0.717, 1.165) is 33.4 Å². The number of benzene rings is 2. The van der Waals surface area contributed by atoms with E-state index in [4.69, 9.17) is 21.8 Å². The van der Waals surface area contributed by atoms with Crippen molar-refractivity contribution in [1.82, 2.24) is 0 Å². The quantitative estimate of drug-likeness (QED) is 0.464. The number of aryl methyl sites for hydroxylation is 2. The van der Waals surface area contributed by atoms with Gasteiger partial charge in [-0.05, 0) is 54.5 Å². The highest BCUT2D eigenvalue weighted by atomic mass is 35.5. The molecule has 0 aliphatic carbocycles. The average molecular weight is 454 g/mol. The fraction of sp³-hybridized carbons (Fsp3) is 0.240. The number of pyridine rings is 1. The van der Waals surface area contributed by atoms with E-state index < -0.39 is 11.9 Å². The van der Waals surface area contributed by atoms with E-state index in [1.165, 1.54) is 0 Å². The molecule has 0 saturated heterocycles. The van der Waals surface area contributed by atoms with E-state index in [1.54, 1.807) is 4.90 Å². The molecule has 6 nitrogen and oxygen atoms in total. The maximum atomic E-state index is 11.0. The first-order valence-electron chi connectivity index (χ1n) is 10.3. The second-order valence-electron chi connectivity index (χ2n) is 7.67. The smallest absolute Gasteiger partial charge is 0.305 e. The lowest BCUT2D eigenvalue weighted by Crippen LogP contribution is -2.32. The van der Waals surface area contributed by atoms with Crippen LogP contribution >= 0.6 is 11.6 Å². The zero-order chi connectivity index (χ0) is 23.3. The van der Waals surface area contributed by atoms with E-state index in [1.807, 2.05) is 74.7 Å². The van der Waals surface area contributed by atoms with Gasteiger partial charge >= 0.3 is 11.9 Å². The minimum atomic E-state index is -0.910. The number of anilines is 1. The van der Waals surface area contributed by atoms with Crippen LogP contribution in [0.4, 0.5) is 5.69 Å². The Morgan fingerprint density at radius 1 is 0.969 bits per heavy atom. The first-order chi connectivity index (χ1) is 15.2. The van der Waals surface area contributed by atoms with Crippen LogP contribution in [0.15, 0.2) is 48.5 Å². The fourth-order valence-electron chi connectivity index (χ4n) is 3.61. The minimum Gasteiger partial charge on any atom is -0.481 e. The molecule has 3 aromatic rings. The Hall–Kier alpha value is -3.38. The Kier molecular flexibility index (Phi) is 7.49. The van der Waals surface area contributed by atoms with E-state index in [9.17, 15) is 9.59 Å². The summed E-state index contributed by atoms with van der Waals surface area (Å²) in [7, 11) is 2.01. The van der Waals surface area contributed by atoms with E-state index >= 15 is 0 Å². The van der Waals surface area contributed by atoms with Gasteiger partial charge in [0.2, 0.25) is 11.2 Å². The summed E-state index contributed by atoms with van der Waals surface area (Å²) in [6, 6.07) is 15.7. The monoisotopic (exact) mass is 453 g/mol. The van der Waals surface area contributed by atoms with Crippen molar-refractivity contribution >= 4 is 52.3 Å². The van der Waals surface area contributed by atoms with Gasteiger partial charge in [-0.3, -0.25) is 9.59 Å². The molecule has 0 bridgehead atoms. The normalized spacial score (nSPS) is 11.2. The van der Waals surface area contributed by atoms with Gasteiger partial charge < -0.3 is 15.1 Å². The van der Waals surface area contributed by atoms with Gasteiger partial charge in [0.25, 0.3) is 0 Å². The summed E-state index contributed by atoms with van der Waals surface area (Å²) in [4.78, 5) is 23.8. The summed E-state index contributed by atoms with van der Waals surface area (Å²) < 4.78 is 2.10. The first kappa shape index (κ1) is 23.3. The zero-order valence-electron chi connectivity index (χ0n) is 18.1. The number of carboxylic acid groups (broad SMARTS) is 2. The van der Waals surface area contributed by atoms with Crippen molar-refractivity contribution in [3.63, 3.8) is 0 Å². The zero-order valence-corrected chi connectivity index (χ0v) is 18.8. The van der Waals surface area contributed by atoms with Gasteiger partial charge in [-0.25, -0.2) is 0 Å². The summed E-state index contributed by atoms with van der Waals surface area (Å²) >= 11 is 6.09. The molecule has 0 atom stereocenters. The minimum absolute atomic E-state index is 0.0516. The number of nitrogens with zero attached hydrogens (tertiary/aromatic N) is 2. The molecule has 0 spiro atoms. The van der Waals surface area contributed by atoms with Crippen molar-refractivity contribution in [2.24, 2.45) is 7.05 Å². The van der Waals surface area contributed by atoms with Crippen molar-refractivity contribution < 1.29 is 24.4 Å². The highest BCUT2D eigenvalue weighted by Crippen LogP contribution is 2.22. The van der Waals surface area contributed by atoms with Gasteiger partial charge in [0.1, 0.15) is 7.05 Å². The Balaban J connectivity index is 1.83. The van der Waals surface area contributed by atoms with Crippen LogP contribution in [0, 0.1) is 6.92 Å². The number of hydrogen-bond donors (Lipinski definition) is 2. The van der Waals surface area contributed by atoms with Gasteiger partial charge in [0.15, 0.2) is 0 Å². The number of fused-ring (bicyclic) bond motifs is 1. The first-order valence-corrected chi connectivity index (χ1v) is 10.7. The number of rotatable bonds is 9. The summed E-state index contributed by atoms with van der Waals surface area (Å²) in [5.41, 5.74) is 4.98. The highest BCUT2D eigenvalue weighted by molar-refractivity contribution is 6.31. The number of aromatic nitrogens is 1. The average Bonchev–Trinajstić information content (AvgIpc) is 2.73. The number of carbonyl (C=O) groups is 2. The van der Waals surface area contributed by atoms with Gasteiger partial charge in [-0.2, -0.15) is 4.57 Å². The lowest BCUT2D eigenvalue weighted by molar-refractivity contribution is -0.646. The van der Waals surface area contributed by atoms with Crippen LogP contribution < -0.4 is 9.47 Å². The van der Waals surface area contributed by atoms with Gasteiger partial charge in [-0.15, -0.1) is 0 Å². The van der Waals surface area contributed by atoms with Crippen molar-refractivity contribution in [2.45, 2.75) is 19.8 Å². The number of halogens is 1. The van der Waals surface area contributed by atoms with Crippen molar-refractivity contribution in [2.75, 3.05) is 18.0 Å². The summed E-state index contributed by atoms with van der Waals surface area (Å²) in [6.07, 6.45) is 3.98. The molecule has 166 valence electrons. The number of hydrogen-bond acceptors (Lipinski definition) is 3. The molecule has 0 aliphatic rings. The van der Waals surface area contributed by atoms with Crippen LogP contribution in [0.3, 0.4) is 0 Å². The highest BCUT2D eigenvalue weighted by Gasteiger charge is 2.13. The molecule has 2 aromatic carbocycles. The lowest BCUT2D eigenvalue weighted by Gasteiger charge is -2.24. The SMILES string of the molecule is Cc1cc(N(CCC(=O)O)CCC(=O)O)ccc1/C=C/c1ccc2cc(Cl)ccc2[n+]1C. The molecular formula is C25H26ClN2O4+. The largest absolute Gasteiger partial charge is 0.481 e. The van der Waals surface area contributed by atoms with Crippen LogP contribution in [-0.2, 0) is 16.6 Å². The number of aliphatic carboxylic acids is 2. The van der Waals surface area contributed by atoms with Crippen molar-refractivity contribution in [3.05, 3.63) is 70.4 Å². The Bertz CT molecular complexity index is 1170. The Morgan fingerprint density at radius 2 is 1.66 bits per heavy atom. The van der Waals surface area contributed by atoms with Crippen LogP contribution in [0.1, 0.15) is 29.7 Å². The van der Waals surface area contributed by atoms with Gasteiger partial charge in [-0.1, -0.05) is 17.7 Å². The molecule has 0 fully saturated rings. The second kappa shape index (κ2) is 10.3. The van der Waals surface area contributed by atoms with Gasteiger partial charge in [0, 0.05) is 47.4 Å². The lowest BCUT2D eigenvalue weighted by atomic mass is 10.1. The fourth-order valence-corrected chi connectivity index (χ4v) is 3.79. The van der Waals surface area contributed by atoms with Crippen LogP contribution in [-0.4, -0.2) is 35.2 Å². The molecule has 3 rings (SSSR count). The van der Waals surface area contributed by atoms with E-state index in [2.05, 4.69) is 4.57 Å². The summed E-state index contributed by atoms with van der Waals surface area (Å²) in [6.45, 7) is 2.50. The van der Waals surface area contributed by atoms with Crippen molar-refractivity contribution in [1.29, 1.82) is 0 Å². The Labute approximate surface area is 192 Å². The second-order valence-corrected chi connectivity index (χ2v) is 8.11. The maximum Gasteiger partial charge on any atom is 0.305 e. The van der Waals surface area contributed by atoms with Crippen LogP contribution in [0.2, 0.25) is 5.02 Å². The van der Waals surface area contributed by atoms with Crippen LogP contribution in [0.5, 0.6) is 0 Å². The topological polar surface area (TPSA) is 81.7 Å². The third-order valence-electron chi connectivity index (χ3n) is 5.42. The molecule has 0 radical (unpaired) electrons. The molecule has 0 unspecified atom stereocenters. The summed E-state index contributed by atoms with van der Waals surface area (Å²) in [5, 5.41) is 19.8. The maximum absolute atomic E-state index is 11.0. The number of carboxylic acids is 2. The molecule has 32 heavy (non-hydrogen) atoms. The Morgan fingerprint density at radius 3 is 2.28 bits per heavy atom. The molecule has 0 amide bonds. The molecule has 2 N–H and O–H groups in total. The molecular weight excluding hydrogens is 428 g/mol. The molecule has 0 aliphatic heterocycles.